The summed E-state index contributed by atoms with van der Waals surface area (Å²) in [6.45, 7) is 3.75. The molecule has 0 atom stereocenters. The number of anilines is 1. The first-order valence-corrected chi connectivity index (χ1v) is 13.2. The van der Waals surface area contributed by atoms with Gasteiger partial charge in [0.05, 0.1) is 10.3 Å². The van der Waals surface area contributed by atoms with Crippen LogP contribution in [0.25, 0.3) is 22.3 Å². The maximum atomic E-state index is 12.1. The summed E-state index contributed by atoms with van der Waals surface area (Å²) in [5.74, 6) is 1.11. The molecular formula is C23H33N7O2S. The third-order valence-electron chi connectivity index (χ3n) is 6.33. The second kappa shape index (κ2) is 10.1. The molecule has 1 aromatic carbocycles. The van der Waals surface area contributed by atoms with Crippen LogP contribution in [0.15, 0.2) is 35.4 Å². The van der Waals surface area contributed by atoms with Crippen molar-refractivity contribution in [3.05, 3.63) is 30.5 Å². The third-order valence-corrected chi connectivity index (χ3v) is 7.76. The number of benzene rings is 1. The van der Waals surface area contributed by atoms with Crippen molar-refractivity contribution in [2.75, 3.05) is 18.9 Å². The molecule has 4 rings (SSSR count). The Morgan fingerprint density at radius 3 is 2.55 bits per heavy atom. The summed E-state index contributed by atoms with van der Waals surface area (Å²) in [5.41, 5.74) is 8.47. The molecule has 0 amide bonds. The maximum absolute atomic E-state index is 12.1. The smallest absolute Gasteiger partial charge is 0.240 e. The molecule has 3 aromatic rings. The van der Waals surface area contributed by atoms with Crippen LogP contribution < -0.4 is 15.8 Å². The molecule has 1 aliphatic carbocycles. The van der Waals surface area contributed by atoms with Gasteiger partial charge in [-0.15, -0.1) is 0 Å². The fraction of sp³-hybridized carbons (Fsp3) is 0.522. The molecule has 2 heterocycles. The van der Waals surface area contributed by atoms with Gasteiger partial charge in [0.1, 0.15) is 5.69 Å². The van der Waals surface area contributed by atoms with E-state index in [1.54, 1.807) is 24.3 Å². The largest absolute Gasteiger partial charge is 0.354 e. The van der Waals surface area contributed by atoms with Crippen LogP contribution in [0.3, 0.4) is 0 Å². The number of nitrogens with two attached hydrogens (primary N) is 1. The van der Waals surface area contributed by atoms with E-state index in [1.807, 2.05) is 10.9 Å². The number of sulfonamides is 1. The number of hydrogen-bond acceptors (Lipinski definition) is 7. The van der Waals surface area contributed by atoms with Gasteiger partial charge in [0.15, 0.2) is 5.65 Å². The van der Waals surface area contributed by atoms with E-state index in [9.17, 15) is 8.42 Å². The Morgan fingerprint density at radius 2 is 1.88 bits per heavy atom. The Kier molecular flexibility index (Phi) is 7.26. The molecular weight excluding hydrogens is 438 g/mol. The summed E-state index contributed by atoms with van der Waals surface area (Å²) < 4.78 is 28.5. The van der Waals surface area contributed by atoms with Crippen molar-refractivity contribution < 1.29 is 8.42 Å². The van der Waals surface area contributed by atoms with E-state index in [4.69, 9.17) is 15.8 Å². The van der Waals surface area contributed by atoms with Crippen LogP contribution in [0, 0.1) is 5.92 Å². The maximum Gasteiger partial charge on any atom is 0.240 e. The van der Waals surface area contributed by atoms with Crippen molar-refractivity contribution in [3.63, 3.8) is 0 Å². The fourth-order valence-corrected chi connectivity index (χ4v) is 5.02. The number of nitrogens with one attached hydrogen (secondary N) is 2. The molecule has 178 valence electrons. The van der Waals surface area contributed by atoms with Gasteiger partial charge in [0.2, 0.25) is 16.0 Å². The lowest BCUT2D eigenvalue weighted by molar-refractivity contribution is 0.288. The van der Waals surface area contributed by atoms with E-state index >= 15 is 0 Å². The number of unbranched alkanes of at least 4 members (excludes halogenated alkanes) is 1. The summed E-state index contributed by atoms with van der Waals surface area (Å²) >= 11 is 0. The second-order valence-corrected chi connectivity index (χ2v) is 10.6. The highest BCUT2D eigenvalue weighted by molar-refractivity contribution is 7.89. The minimum absolute atomic E-state index is 0.217. The molecule has 0 bridgehead atoms. The van der Waals surface area contributed by atoms with Crippen molar-refractivity contribution in [2.24, 2.45) is 11.7 Å². The summed E-state index contributed by atoms with van der Waals surface area (Å²) in [4.78, 5) is 9.52. The van der Waals surface area contributed by atoms with Crippen LogP contribution in [0.5, 0.6) is 0 Å². The van der Waals surface area contributed by atoms with E-state index < -0.39 is 10.0 Å². The zero-order chi connectivity index (χ0) is 23.4. The van der Waals surface area contributed by atoms with Crippen LogP contribution in [0.4, 0.5) is 5.95 Å². The van der Waals surface area contributed by atoms with Gasteiger partial charge in [-0.25, -0.2) is 22.8 Å². The van der Waals surface area contributed by atoms with Crippen molar-refractivity contribution in [1.29, 1.82) is 0 Å². The van der Waals surface area contributed by atoms with Crippen LogP contribution in [-0.2, 0) is 16.6 Å². The van der Waals surface area contributed by atoms with Crippen LogP contribution >= 0.6 is 0 Å². The number of nitrogens with zero attached hydrogens (tertiary/aromatic N) is 4. The number of hydrogen-bond donors (Lipinski definition) is 3. The van der Waals surface area contributed by atoms with Crippen molar-refractivity contribution in [3.8, 4) is 11.3 Å². The normalized spacial score (nSPS) is 19.1. The Balaban J connectivity index is 1.70. The quantitative estimate of drug-likeness (QED) is 0.409. The highest BCUT2D eigenvalue weighted by atomic mass is 32.2. The summed E-state index contributed by atoms with van der Waals surface area (Å²) in [7, 11) is -2.09. The molecule has 1 saturated carbocycles. The van der Waals surface area contributed by atoms with Gasteiger partial charge in [0.25, 0.3) is 0 Å². The van der Waals surface area contributed by atoms with Gasteiger partial charge in [-0.2, -0.15) is 10.1 Å². The summed E-state index contributed by atoms with van der Waals surface area (Å²) in [6, 6.07) is 7.05. The fourth-order valence-electron chi connectivity index (χ4n) is 4.29. The van der Waals surface area contributed by atoms with E-state index in [0.717, 1.165) is 73.9 Å². The molecule has 0 unspecified atom stereocenters. The van der Waals surface area contributed by atoms with Gasteiger partial charge in [-0.05, 0) is 57.2 Å². The Hall–Kier alpha value is -2.56. The minimum atomic E-state index is -3.49. The molecule has 4 N–H and O–H groups in total. The van der Waals surface area contributed by atoms with E-state index in [2.05, 4.69) is 21.9 Å². The Morgan fingerprint density at radius 1 is 1.15 bits per heavy atom. The first kappa shape index (κ1) is 23.6. The average molecular weight is 472 g/mol. The molecule has 0 spiro atoms. The van der Waals surface area contributed by atoms with Crippen LogP contribution in [-0.4, -0.2) is 47.8 Å². The molecule has 2 aromatic heterocycles. The standard InChI is InChI=1S/C23H33N7O2S/c1-3-4-13-26-23-27-14-20-21(17-7-11-19(12-8-17)33(31,32)25-2)29-30(22(20)28-23)15-16-5-9-18(24)10-6-16/h7-8,11-12,14,16,18,25H,3-6,9-10,13,15,24H2,1-2H3,(H,26,27,28)/t16-,18-. The number of rotatable bonds is 9. The molecule has 33 heavy (non-hydrogen) atoms. The molecule has 9 nitrogen and oxygen atoms in total. The van der Waals surface area contributed by atoms with Crippen LogP contribution in [0.2, 0.25) is 0 Å². The van der Waals surface area contributed by atoms with E-state index in [0.29, 0.717) is 17.9 Å². The molecule has 0 saturated heterocycles. The van der Waals surface area contributed by atoms with Gasteiger partial charge in [0, 0.05) is 30.9 Å². The third kappa shape index (κ3) is 5.34. The van der Waals surface area contributed by atoms with Crippen molar-refractivity contribution in [2.45, 2.75) is 62.9 Å². The SMILES string of the molecule is CCCCNc1ncc2c(-c3ccc(S(=O)(=O)NC)cc3)nn(C[C@H]3CC[C@H](N)CC3)c2n1. The highest BCUT2D eigenvalue weighted by Gasteiger charge is 2.22. The average Bonchev–Trinajstić information content (AvgIpc) is 3.18. The molecule has 10 heteroatoms. The zero-order valence-electron chi connectivity index (χ0n) is 19.3. The van der Waals surface area contributed by atoms with E-state index in [-0.39, 0.29) is 4.90 Å². The van der Waals surface area contributed by atoms with Gasteiger partial charge in [-0.1, -0.05) is 25.5 Å². The molecule has 0 radical (unpaired) electrons. The van der Waals surface area contributed by atoms with E-state index in [1.165, 1.54) is 7.05 Å². The van der Waals surface area contributed by atoms with Crippen molar-refractivity contribution >= 4 is 27.0 Å². The predicted octanol–water partition coefficient (Wildman–Crippen LogP) is 3.13. The summed E-state index contributed by atoms with van der Waals surface area (Å²) in [5, 5.41) is 9.07. The van der Waals surface area contributed by atoms with Gasteiger partial charge >= 0.3 is 0 Å². The lowest BCUT2D eigenvalue weighted by atomic mass is 9.86. The summed E-state index contributed by atoms with van der Waals surface area (Å²) in [6.07, 6.45) is 8.21. The van der Waals surface area contributed by atoms with Gasteiger partial charge in [-0.3, -0.25) is 0 Å². The predicted molar refractivity (Wildman–Crippen MR) is 130 cm³/mol. The monoisotopic (exact) mass is 471 g/mol. The first-order chi connectivity index (χ1) is 15.9. The molecule has 0 aliphatic heterocycles. The van der Waals surface area contributed by atoms with Crippen LogP contribution in [0.1, 0.15) is 45.4 Å². The second-order valence-electron chi connectivity index (χ2n) is 8.75. The molecule has 1 aliphatic rings. The lowest BCUT2D eigenvalue weighted by Gasteiger charge is -2.25. The van der Waals surface area contributed by atoms with Crippen molar-refractivity contribution in [1.82, 2.24) is 24.5 Å². The highest BCUT2D eigenvalue weighted by Crippen LogP contribution is 2.31. The Labute approximate surface area is 195 Å². The minimum Gasteiger partial charge on any atom is -0.354 e. The number of aromatic nitrogens is 4. The molecule has 1 fully saturated rings. The lowest BCUT2D eigenvalue weighted by Crippen LogP contribution is -2.28. The van der Waals surface area contributed by atoms with Gasteiger partial charge < -0.3 is 11.1 Å². The topological polar surface area (TPSA) is 128 Å². The first-order valence-electron chi connectivity index (χ1n) is 11.7. The Bertz CT molecular complexity index is 1180. The zero-order valence-corrected chi connectivity index (χ0v) is 20.1. The number of fused-ring (bicyclic) bond motifs is 1.